The van der Waals surface area contributed by atoms with Gasteiger partial charge in [0.2, 0.25) is 10.9 Å². The van der Waals surface area contributed by atoms with E-state index in [4.69, 9.17) is 20.4 Å². The van der Waals surface area contributed by atoms with Crippen LogP contribution < -0.4 is 4.72 Å². The smallest absolute Gasteiger partial charge is 0.371 e. The third-order valence-corrected chi connectivity index (χ3v) is 3.77. The molecule has 0 aliphatic heterocycles. The lowest BCUT2D eigenvalue weighted by atomic mass is 10.1. The molecule has 5 N–H and O–H groups in total. The number of carbonyl (C=O) groups is 1. The minimum absolute atomic E-state index is 0.581. The molecule has 0 aliphatic rings. The monoisotopic (exact) mass is 295 g/mol. The van der Waals surface area contributed by atoms with E-state index < -0.39 is 52.2 Å². The average molecular weight is 295 g/mol. The lowest BCUT2D eigenvalue weighted by molar-refractivity contribution is 0.0575. The van der Waals surface area contributed by atoms with Gasteiger partial charge in [-0.05, 0) is 12.1 Å². The molecule has 1 aromatic rings. The molecule has 0 saturated carbocycles. The summed E-state index contributed by atoms with van der Waals surface area (Å²) in [5.41, 5.74) is -1.87. The maximum atomic E-state index is 11.8. The van der Waals surface area contributed by atoms with Crippen LogP contribution in [0.3, 0.4) is 0 Å². The van der Waals surface area contributed by atoms with E-state index >= 15 is 0 Å². The Bertz CT molecular complexity index is 536. The summed E-state index contributed by atoms with van der Waals surface area (Å²) in [7, 11) is -4.33. The second-order valence-corrected chi connectivity index (χ2v) is 5.40. The van der Waals surface area contributed by atoms with Crippen molar-refractivity contribution in [2.24, 2.45) is 0 Å². The molecule has 10 heteroatoms. The molecular formula is C9H13NO8S. The zero-order valence-electron chi connectivity index (χ0n) is 9.61. The van der Waals surface area contributed by atoms with Gasteiger partial charge in [-0.2, -0.15) is 4.72 Å². The molecule has 0 aliphatic carbocycles. The van der Waals surface area contributed by atoms with Gasteiger partial charge in [0.05, 0.1) is 19.8 Å². The summed E-state index contributed by atoms with van der Waals surface area (Å²) in [5.74, 6) is -2.03. The van der Waals surface area contributed by atoms with Gasteiger partial charge in [0.1, 0.15) is 5.54 Å². The minimum atomic E-state index is -4.33. The molecule has 0 amide bonds. The van der Waals surface area contributed by atoms with Crippen LogP contribution in [0.1, 0.15) is 10.6 Å². The molecule has 0 fully saturated rings. The summed E-state index contributed by atoms with van der Waals surface area (Å²) < 4.78 is 30.1. The fourth-order valence-electron chi connectivity index (χ4n) is 1.16. The molecule has 1 aromatic heterocycles. The van der Waals surface area contributed by atoms with Crippen LogP contribution in [-0.2, 0) is 10.0 Å². The van der Waals surface area contributed by atoms with Crippen LogP contribution in [0, 0.1) is 0 Å². The Morgan fingerprint density at radius 1 is 1.21 bits per heavy atom. The Morgan fingerprint density at radius 3 is 2.11 bits per heavy atom. The van der Waals surface area contributed by atoms with Crippen molar-refractivity contribution in [3.63, 3.8) is 0 Å². The summed E-state index contributed by atoms with van der Waals surface area (Å²) in [4.78, 5) is 10.6. The van der Waals surface area contributed by atoms with E-state index in [1.165, 1.54) is 0 Å². The van der Waals surface area contributed by atoms with Gasteiger partial charge in [-0.1, -0.05) is 0 Å². The zero-order valence-corrected chi connectivity index (χ0v) is 10.4. The second-order valence-electron chi connectivity index (χ2n) is 3.78. The second kappa shape index (κ2) is 5.67. The van der Waals surface area contributed by atoms with Gasteiger partial charge in [0.15, 0.2) is 0 Å². The highest BCUT2D eigenvalue weighted by molar-refractivity contribution is 7.89. The van der Waals surface area contributed by atoms with Crippen molar-refractivity contribution < 1.29 is 38.1 Å². The molecule has 0 radical (unpaired) electrons. The molecule has 0 spiro atoms. The first-order valence-electron chi connectivity index (χ1n) is 5.00. The first-order chi connectivity index (χ1) is 8.80. The third kappa shape index (κ3) is 3.30. The summed E-state index contributed by atoms with van der Waals surface area (Å²) in [6.45, 7) is -2.57. The summed E-state index contributed by atoms with van der Waals surface area (Å²) in [6.07, 6.45) is 0. The predicted octanol–water partition coefficient (Wildman–Crippen LogP) is -2.03. The van der Waals surface area contributed by atoms with Crippen molar-refractivity contribution in [2.45, 2.75) is 10.6 Å². The molecule has 19 heavy (non-hydrogen) atoms. The van der Waals surface area contributed by atoms with Gasteiger partial charge < -0.3 is 24.8 Å². The van der Waals surface area contributed by atoms with Crippen LogP contribution in [0.4, 0.5) is 0 Å². The average Bonchev–Trinajstić information content (AvgIpc) is 2.86. The molecule has 1 heterocycles. The van der Waals surface area contributed by atoms with Gasteiger partial charge in [-0.3, -0.25) is 0 Å². The standard InChI is InChI=1S/C9H13NO8S/c11-3-9(4-12,5-13)10-19(16,17)7-2-1-6(18-7)8(14)15/h1-2,10-13H,3-5H2,(H,14,15). The van der Waals surface area contributed by atoms with E-state index in [2.05, 4.69) is 4.42 Å². The number of aliphatic hydroxyl groups excluding tert-OH is 3. The minimum Gasteiger partial charge on any atom is -0.475 e. The van der Waals surface area contributed by atoms with Crippen molar-refractivity contribution >= 4 is 16.0 Å². The lowest BCUT2D eigenvalue weighted by Crippen LogP contribution is -2.56. The largest absolute Gasteiger partial charge is 0.475 e. The maximum Gasteiger partial charge on any atom is 0.371 e. The number of carboxylic acid groups (broad SMARTS) is 1. The topological polar surface area (TPSA) is 157 Å². The van der Waals surface area contributed by atoms with Crippen LogP contribution in [0.5, 0.6) is 0 Å². The molecule has 1 rings (SSSR count). The molecular weight excluding hydrogens is 282 g/mol. The molecule has 9 nitrogen and oxygen atoms in total. The highest BCUT2D eigenvalue weighted by atomic mass is 32.2. The molecule has 0 bridgehead atoms. The Balaban J connectivity index is 3.06. The Labute approximate surface area is 108 Å². The summed E-state index contributed by atoms with van der Waals surface area (Å²) >= 11 is 0. The first kappa shape index (κ1) is 15.6. The van der Waals surface area contributed by atoms with Crippen LogP contribution in [0.25, 0.3) is 0 Å². The van der Waals surface area contributed by atoms with E-state index in [0.29, 0.717) is 0 Å². The molecule has 0 aromatic carbocycles. The predicted molar refractivity (Wildman–Crippen MR) is 60.0 cm³/mol. The quantitative estimate of drug-likeness (QED) is 0.385. The molecule has 0 unspecified atom stereocenters. The highest BCUT2D eigenvalue weighted by Crippen LogP contribution is 2.16. The van der Waals surface area contributed by atoms with Crippen LogP contribution in [0.15, 0.2) is 21.6 Å². The number of hydrogen-bond donors (Lipinski definition) is 5. The third-order valence-electron chi connectivity index (χ3n) is 2.32. The number of hydrogen-bond acceptors (Lipinski definition) is 7. The number of aliphatic hydroxyl groups is 3. The summed E-state index contributed by atoms with van der Waals surface area (Å²) in [5, 5.41) is 34.9. The Hall–Kier alpha value is -1.46. The van der Waals surface area contributed by atoms with Gasteiger partial charge in [0.25, 0.3) is 10.0 Å². The zero-order chi connectivity index (χ0) is 14.7. The Morgan fingerprint density at radius 2 is 1.74 bits per heavy atom. The molecule has 0 saturated heterocycles. The van der Waals surface area contributed by atoms with Crippen molar-refractivity contribution in [3.05, 3.63) is 17.9 Å². The summed E-state index contributed by atoms with van der Waals surface area (Å²) in [6, 6.07) is 1.85. The first-order valence-corrected chi connectivity index (χ1v) is 6.48. The molecule has 0 atom stereocenters. The van der Waals surface area contributed by atoms with Gasteiger partial charge in [0, 0.05) is 0 Å². The van der Waals surface area contributed by atoms with Crippen LogP contribution in [0.2, 0.25) is 0 Å². The van der Waals surface area contributed by atoms with Gasteiger partial charge in [-0.15, -0.1) is 0 Å². The van der Waals surface area contributed by atoms with Crippen molar-refractivity contribution in [1.29, 1.82) is 0 Å². The lowest BCUT2D eigenvalue weighted by Gasteiger charge is -2.27. The van der Waals surface area contributed by atoms with E-state index in [1.807, 2.05) is 4.72 Å². The normalized spacial score (nSPS) is 12.6. The maximum absolute atomic E-state index is 11.8. The van der Waals surface area contributed by atoms with Crippen molar-refractivity contribution in [2.75, 3.05) is 19.8 Å². The van der Waals surface area contributed by atoms with Gasteiger partial charge >= 0.3 is 5.97 Å². The Kier molecular flexibility index (Phi) is 4.66. The number of furan rings is 1. The van der Waals surface area contributed by atoms with E-state index in [0.717, 1.165) is 12.1 Å². The van der Waals surface area contributed by atoms with E-state index in [9.17, 15) is 13.2 Å². The fourth-order valence-corrected chi connectivity index (χ4v) is 2.47. The van der Waals surface area contributed by atoms with Crippen LogP contribution in [-0.4, -0.2) is 60.2 Å². The van der Waals surface area contributed by atoms with E-state index in [-0.39, 0.29) is 0 Å². The number of carboxylic acids is 1. The number of aromatic carboxylic acids is 1. The van der Waals surface area contributed by atoms with Gasteiger partial charge in [-0.25, -0.2) is 13.2 Å². The van der Waals surface area contributed by atoms with Crippen molar-refractivity contribution in [1.82, 2.24) is 4.72 Å². The fraction of sp³-hybridized carbons (Fsp3) is 0.444. The SMILES string of the molecule is O=C(O)c1ccc(S(=O)(=O)NC(CO)(CO)CO)o1. The van der Waals surface area contributed by atoms with Crippen molar-refractivity contribution in [3.8, 4) is 0 Å². The number of nitrogens with one attached hydrogen (secondary N) is 1. The van der Waals surface area contributed by atoms with E-state index in [1.54, 1.807) is 0 Å². The number of sulfonamides is 1. The number of rotatable bonds is 7. The van der Waals surface area contributed by atoms with Crippen LogP contribution >= 0.6 is 0 Å². The highest BCUT2D eigenvalue weighted by Gasteiger charge is 2.35. The molecule has 108 valence electrons.